The van der Waals surface area contributed by atoms with Gasteiger partial charge in [-0.15, -0.1) is 0 Å². The van der Waals surface area contributed by atoms with Crippen molar-refractivity contribution >= 4 is 16.8 Å². The molecule has 1 fully saturated rings. The molecule has 16 heavy (non-hydrogen) atoms. The van der Waals surface area contributed by atoms with Crippen LogP contribution in [0, 0.1) is 17.3 Å². The molecular weight excluding hydrogens is 220 g/mol. The third-order valence-corrected chi connectivity index (χ3v) is 4.53. The molecule has 1 rings (SSSR count). The van der Waals surface area contributed by atoms with Crippen molar-refractivity contribution in [2.75, 3.05) is 0 Å². The van der Waals surface area contributed by atoms with Gasteiger partial charge in [-0.2, -0.15) is 0 Å². The number of halogens is 1. The van der Waals surface area contributed by atoms with Crippen LogP contribution in [0.15, 0.2) is 0 Å². The summed E-state index contributed by atoms with van der Waals surface area (Å²) in [6.45, 7) is 6.58. The molecule has 1 aliphatic rings. The predicted molar refractivity (Wildman–Crippen MR) is 69.6 cm³/mol. The summed E-state index contributed by atoms with van der Waals surface area (Å²) in [6, 6.07) is 0. The smallest absolute Gasteiger partial charge is 0.227 e. The Balaban J connectivity index is 2.24. The topological polar surface area (TPSA) is 17.1 Å². The third kappa shape index (κ3) is 4.08. The van der Waals surface area contributed by atoms with Gasteiger partial charge in [-0.05, 0) is 49.1 Å². The van der Waals surface area contributed by atoms with E-state index in [-0.39, 0.29) is 10.7 Å². The van der Waals surface area contributed by atoms with Crippen LogP contribution in [-0.4, -0.2) is 5.24 Å². The highest BCUT2D eigenvalue weighted by atomic mass is 35.5. The van der Waals surface area contributed by atoms with Crippen molar-refractivity contribution in [1.82, 2.24) is 0 Å². The summed E-state index contributed by atoms with van der Waals surface area (Å²) >= 11 is 5.65. The summed E-state index contributed by atoms with van der Waals surface area (Å²) in [6.07, 6.45) is 8.37. The normalized spacial score (nSPS) is 30.7. The zero-order valence-corrected chi connectivity index (χ0v) is 11.6. The molecular formula is C14H25ClO. The van der Waals surface area contributed by atoms with Crippen molar-refractivity contribution in [3.8, 4) is 0 Å². The molecule has 94 valence electrons. The Labute approximate surface area is 105 Å². The Morgan fingerprint density at radius 1 is 1.38 bits per heavy atom. The maximum Gasteiger partial charge on any atom is 0.227 e. The molecule has 0 saturated heterocycles. The molecule has 0 aliphatic heterocycles. The lowest BCUT2D eigenvalue weighted by molar-refractivity contribution is -0.121. The van der Waals surface area contributed by atoms with Gasteiger partial charge in [0.25, 0.3) is 0 Å². The minimum atomic E-state index is -0.226. The summed E-state index contributed by atoms with van der Waals surface area (Å²) in [5.41, 5.74) is -0.226. The van der Waals surface area contributed by atoms with Gasteiger partial charge in [0.2, 0.25) is 5.24 Å². The number of rotatable bonds is 5. The summed E-state index contributed by atoms with van der Waals surface area (Å²) < 4.78 is 0. The summed E-state index contributed by atoms with van der Waals surface area (Å²) in [5, 5.41) is -0.131. The van der Waals surface area contributed by atoms with E-state index in [0.717, 1.165) is 24.7 Å². The van der Waals surface area contributed by atoms with Gasteiger partial charge in [0.1, 0.15) is 0 Å². The molecule has 0 bridgehead atoms. The Morgan fingerprint density at radius 3 is 2.38 bits per heavy atom. The van der Waals surface area contributed by atoms with Gasteiger partial charge < -0.3 is 0 Å². The number of hydrogen-bond acceptors (Lipinski definition) is 1. The average Bonchev–Trinajstić information content (AvgIpc) is 2.20. The van der Waals surface area contributed by atoms with Crippen LogP contribution in [0.25, 0.3) is 0 Å². The average molecular weight is 245 g/mol. The molecule has 0 aromatic heterocycles. The van der Waals surface area contributed by atoms with E-state index in [1.54, 1.807) is 0 Å². The summed E-state index contributed by atoms with van der Waals surface area (Å²) in [5.74, 6) is 1.65. The second kappa shape index (κ2) is 6.05. The Morgan fingerprint density at radius 2 is 1.94 bits per heavy atom. The van der Waals surface area contributed by atoms with Crippen LogP contribution in [0.2, 0.25) is 0 Å². The number of carbonyl (C=O) groups excluding carboxylic acids is 1. The van der Waals surface area contributed by atoms with Crippen LogP contribution in [0.5, 0.6) is 0 Å². The molecule has 0 heterocycles. The summed E-state index contributed by atoms with van der Waals surface area (Å²) in [4.78, 5) is 11.3. The van der Waals surface area contributed by atoms with Crippen LogP contribution < -0.4 is 0 Å². The highest BCUT2D eigenvalue weighted by Gasteiger charge is 2.36. The van der Waals surface area contributed by atoms with E-state index in [0.29, 0.717) is 0 Å². The van der Waals surface area contributed by atoms with E-state index in [2.05, 4.69) is 13.8 Å². The molecule has 2 heteroatoms. The lowest BCUT2D eigenvalue weighted by Gasteiger charge is -2.34. The molecule has 0 N–H and O–H groups in total. The molecule has 0 aromatic rings. The molecule has 0 radical (unpaired) electrons. The Bertz CT molecular complexity index is 227. The van der Waals surface area contributed by atoms with Crippen LogP contribution in [-0.2, 0) is 4.79 Å². The second-order valence-electron chi connectivity index (χ2n) is 6.10. The van der Waals surface area contributed by atoms with Crippen LogP contribution in [0.4, 0.5) is 0 Å². The largest absolute Gasteiger partial charge is 0.281 e. The first-order chi connectivity index (χ1) is 7.44. The fraction of sp³-hybridized carbons (Fsp3) is 0.929. The second-order valence-corrected chi connectivity index (χ2v) is 6.45. The SMILES string of the molecule is CC(C)CCC[C@H]1CC[C@](C)(C(=O)Cl)CC1. The fourth-order valence-corrected chi connectivity index (χ4v) is 2.80. The monoisotopic (exact) mass is 244 g/mol. The van der Waals surface area contributed by atoms with E-state index in [4.69, 9.17) is 11.6 Å². The first kappa shape index (κ1) is 14.0. The number of hydrogen-bond donors (Lipinski definition) is 0. The Kier molecular flexibility index (Phi) is 5.30. The standard InChI is InChI=1S/C14H25ClO/c1-11(2)5-4-6-12-7-9-14(3,10-8-12)13(15)16/h11-12H,4-10H2,1-3H3/t12-,14-. The first-order valence-electron chi connectivity index (χ1n) is 6.64. The molecule has 0 amide bonds. The van der Waals surface area contributed by atoms with E-state index in [1.807, 2.05) is 6.92 Å². The molecule has 0 aromatic carbocycles. The van der Waals surface area contributed by atoms with Crippen molar-refractivity contribution in [2.24, 2.45) is 17.3 Å². The van der Waals surface area contributed by atoms with E-state index in [9.17, 15) is 4.79 Å². The van der Waals surface area contributed by atoms with Crippen LogP contribution in [0.3, 0.4) is 0 Å². The van der Waals surface area contributed by atoms with Crippen LogP contribution >= 0.6 is 11.6 Å². The maximum absolute atomic E-state index is 11.3. The van der Waals surface area contributed by atoms with Crippen molar-refractivity contribution in [3.63, 3.8) is 0 Å². The lowest BCUT2D eigenvalue weighted by atomic mass is 9.71. The van der Waals surface area contributed by atoms with Gasteiger partial charge in [-0.25, -0.2) is 0 Å². The minimum Gasteiger partial charge on any atom is -0.281 e. The van der Waals surface area contributed by atoms with Crippen molar-refractivity contribution in [3.05, 3.63) is 0 Å². The number of carbonyl (C=O) groups is 1. The van der Waals surface area contributed by atoms with E-state index in [1.165, 1.54) is 32.1 Å². The molecule has 1 aliphatic carbocycles. The highest BCUT2D eigenvalue weighted by molar-refractivity contribution is 6.64. The van der Waals surface area contributed by atoms with Gasteiger partial charge >= 0.3 is 0 Å². The summed E-state index contributed by atoms with van der Waals surface area (Å²) in [7, 11) is 0. The van der Waals surface area contributed by atoms with Gasteiger partial charge in [0, 0.05) is 5.41 Å². The van der Waals surface area contributed by atoms with Crippen molar-refractivity contribution < 1.29 is 4.79 Å². The van der Waals surface area contributed by atoms with Crippen LogP contribution in [0.1, 0.15) is 65.7 Å². The minimum absolute atomic E-state index is 0.131. The fourth-order valence-electron chi connectivity index (χ4n) is 2.61. The van der Waals surface area contributed by atoms with Gasteiger partial charge in [0.15, 0.2) is 0 Å². The predicted octanol–water partition coefficient (Wildman–Crippen LogP) is 4.77. The lowest BCUT2D eigenvalue weighted by Crippen LogP contribution is -2.29. The molecule has 0 atom stereocenters. The molecule has 0 spiro atoms. The van der Waals surface area contributed by atoms with E-state index >= 15 is 0 Å². The third-order valence-electron chi connectivity index (χ3n) is 4.08. The zero-order valence-electron chi connectivity index (χ0n) is 10.9. The van der Waals surface area contributed by atoms with Gasteiger partial charge in [-0.3, -0.25) is 4.79 Å². The maximum atomic E-state index is 11.3. The molecule has 1 nitrogen and oxygen atoms in total. The molecule has 0 unspecified atom stereocenters. The van der Waals surface area contributed by atoms with E-state index < -0.39 is 0 Å². The highest BCUT2D eigenvalue weighted by Crippen LogP contribution is 2.41. The zero-order chi connectivity index (χ0) is 12.2. The van der Waals surface area contributed by atoms with Crippen molar-refractivity contribution in [2.45, 2.75) is 65.7 Å². The first-order valence-corrected chi connectivity index (χ1v) is 7.02. The van der Waals surface area contributed by atoms with Gasteiger partial charge in [-0.1, -0.05) is 40.0 Å². The molecule has 1 saturated carbocycles. The van der Waals surface area contributed by atoms with Gasteiger partial charge in [0.05, 0.1) is 0 Å². The Hall–Kier alpha value is -0.0400. The van der Waals surface area contributed by atoms with Crippen molar-refractivity contribution in [1.29, 1.82) is 0 Å². The quantitative estimate of drug-likeness (QED) is 0.637.